The summed E-state index contributed by atoms with van der Waals surface area (Å²) in [5.74, 6) is 0.457. The van der Waals surface area contributed by atoms with Crippen LogP contribution >= 0.6 is 22.9 Å². The van der Waals surface area contributed by atoms with Gasteiger partial charge in [-0.25, -0.2) is 4.98 Å². The molecule has 0 saturated carbocycles. The van der Waals surface area contributed by atoms with Gasteiger partial charge in [0.25, 0.3) is 5.91 Å². The standard InChI is InChI=1S/C14H16ClN3OS/c1-3-16-13-6-10(11(15)7-17-13)14(19)18-8-12-9(2)4-5-20-12/h4-7H,3,8H2,1-2H3,(H,16,17)(H,18,19). The fourth-order valence-electron chi connectivity index (χ4n) is 1.73. The Labute approximate surface area is 127 Å². The summed E-state index contributed by atoms with van der Waals surface area (Å²) in [5, 5.41) is 8.31. The molecule has 0 spiro atoms. The van der Waals surface area contributed by atoms with Gasteiger partial charge in [-0.1, -0.05) is 11.6 Å². The predicted molar refractivity (Wildman–Crippen MR) is 83.6 cm³/mol. The van der Waals surface area contributed by atoms with E-state index in [0.29, 0.717) is 22.9 Å². The van der Waals surface area contributed by atoms with Gasteiger partial charge in [0.1, 0.15) is 5.82 Å². The summed E-state index contributed by atoms with van der Waals surface area (Å²) in [6.45, 7) is 5.25. The Kier molecular flexibility index (Phi) is 4.98. The molecule has 106 valence electrons. The number of thiophene rings is 1. The number of aromatic nitrogens is 1. The summed E-state index contributed by atoms with van der Waals surface area (Å²) >= 11 is 7.66. The second-order valence-corrected chi connectivity index (χ2v) is 5.70. The average molecular weight is 310 g/mol. The lowest BCUT2D eigenvalue weighted by molar-refractivity contribution is 0.0951. The number of carbonyl (C=O) groups is 1. The Morgan fingerprint density at radius 1 is 1.50 bits per heavy atom. The van der Waals surface area contributed by atoms with E-state index >= 15 is 0 Å². The molecule has 2 heterocycles. The Bertz CT molecular complexity index is 612. The van der Waals surface area contributed by atoms with Gasteiger partial charge in [-0.2, -0.15) is 0 Å². The number of anilines is 1. The molecule has 0 aromatic carbocycles. The first-order valence-corrected chi connectivity index (χ1v) is 7.58. The quantitative estimate of drug-likeness (QED) is 0.889. The molecule has 0 radical (unpaired) electrons. The summed E-state index contributed by atoms with van der Waals surface area (Å²) in [7, 11) is 0. The van der Waals surface area contributed by atoms with Crippen molar-refractivity contribution in [1.29, 1.82) is 0 Å². The summed E-state index contributed by atoms with van der Waals surface area (Å²) in [5.41, 5.74) is 1.62. The van der Waals surface area contributed by atoms with E-state index < -0.39 is 0 Å². The third-order valence-corrected chi connectivity index (χ3v) is 4.16. The van der Waals surface area contributed by atoms with Crippen molar-refractivity contribution in [3.63, 3.8) is 0 Å². The molecular weight excluding hydrogens is 294 g/mol. The number of hydrogen-bond acceptors (Lipinski definition) is 4. The summed E-state index contributed by atoms with van der Waals surface area (Å²) in [6.07, 6.45) is 1.49. The van der Waals surface area contributed by atoms with E-state index in [9.17, 15) is 4.79 Å². The van der Waals surface area contributed by atoms with Crippen LogP contribution in [-0.2, 0) is 6.54 Å². The lowest BCUT2D eigenvalue weighted by atomic mass is 10.2. The van der Waals surface area contributed by atoms with Crippen molar-refractivity contribution in [1.82, 2.24) is 10.3 Å². The van der Waals surface area contributed by atoms with Crippen LogP contribution in [0.1, 0.15) is 27.7 Å². The van der Waals surface area contributed by atoms with Gasteiger partial charge >= 0.3 is 0 Å². The largest absolute Gasteiger partial charge is 0.370 e. The fraction of sp³-hybridized carbons (Fsp3) is 0.286. The molecule has 0 atom stereocenters. The topological polar surface area (TPSA) is 54.0 Å². The molecule has 0 fully saturated rings. The minimum Gasteiger partial charge on any atom is -0.370 e. The molecule has 4 nitrogen and oxygen atoms in total. The van der Waals surface area contributed by atoms with E-state index in [1.165, 1.54) is 11.8 Å². The molecule has 2 N–H and O–H groups in total. The number of amides is 1. The summed E-state index contributed by atoms with van der Waals surface area (Å²) in [4.78, 5) is 17.4. The van der Waals surface area contributed by atoms with Gasteiger partial charge in [-0.15, -0.1) is 11.3 Å². The van der Waals surface area contributed by atoms with Gasteiger partial charge in [0.2, 0.25) is 0 Å². The molecular formula is C14H16ClN3OS. The molecule has 0 bridgehead atoms. The molecule has 2 rings (SSSR count). The lowest BCUT2D eigenvalue weighted by Gasteiger charge is -2.08. The summed E-state index contributed by atoms with van der Waals surface area (Å²) < 4.78 is 0. The molecule has 0 aliphatic heterocycles. The Morgan fingerprint density at radius 3 is 2.95 bits per heavy atom. The van der Waals surface area contributed by atoms with Gasteiger partial charge in [-0.3, -0.25) is 4.79 Å². The van der Waals surface area contributed by atoms with Crippen LogP contribution in [-0.4, -0.2) is 17.4 Å². The number of nitrogens with one attached hydrogen (secondary N) is 2. The lowest BCUT2D eigenvalue weighted by Crippen LogP contribution is -2.23. The van der Waals surface area contributed by atoms with Crippen LogP contribution in [0.4, 0.5) is 5.82 Å². The first kappa shape index (κ1) is 14.8. The van der Waals surface area contributed by atoms with Crippen molar-refractivity contribution in [3.05, 3.63) is 44.7 Å². The highest BCUT2D eigenvalue weighted by Crippen LogP contribution is 2.19. The predicted octanol–water partition coefficient (Wildman–Crippen LogP) is 3.47. The molecule has 0 aliphatic carbocycles. The van der Waals surface area contributed by atoms with Crippen molar-refractivity contribution in [2.45, 2.75) is 20.4 Å². The van der Waals surface area contributed by atoms with Gasteiger partial charge in [-0.05, 0) is 36.9 Å². The van der Waals surface area contributed by atoms with Crippen LogP contribution in [0.2, 0.25) is 5.02 Å². The number of hydrogen-bond donors (Lipinski definition) is 2. The zero-order valence-electron chi connectivity index (χ0n) is 11.4. The van der Waals surface area contributed by atoms with Gasteiger partial charge < -0.3 is 10.6 Å². The number of rotatable bonds is 5. The molecule has 6 heteroatoms. The van der Waals surface area contributed by atoms with Crippen LogP contribution in [0, 0.1) is 6.92 Å². The highest BCUT2D eigenvalue weighted by Gasteiger charge is 2.12. The number of nitrogens with zero attached hydrogens (tertiary/aromatic N) is 1. The first-order chi connectivity index (χ1) is 9.61. The van der Waals surface area contributed by atoms with E-state index in [-0.39, 0.29) is 5.91 Å². The Morgan fingerprint density at radius 2 is 2.30 bits per heavy atom. The SMILES string of the molecule is CCNc1cc(C(=O)NCc2sccc2C)c(Cl)cn1. The third kappa shape index (κ3) is 3.49. The second-order valence-electron chi connectivity index (χ2n) is 4.29. The first-order valence-electron chi connectivity index (χ1n) is 6.32. The number of aryl methyl sites for hydroxylation is 1. The Balaban J connectivity index is 2.08. The second kappa shape index (κ2) is 6.72. The summed E-state index contributed by atoms with van der Waals surface area (Å²) in [6, 6.07) is 3.71. The molecule has 0 unspecified atom stereocenters. The van der Waals surface area contributed by atoms with E-state index in [4.69, 9.17) is 11.6 Å². The maximum Gasteiger partial charge on any atom is 0.253 e. The van der Waals surface area contributed by atoms with Crippen molar-refractivity contribution >= 4 is 34.7 Å². The van der Waals surface area contributed by atoms with Crippen molar-refractivity contribution in [2.24, 2.45) is 0 Å². The molecule has 0 saturated heterocycles. The van der Waals surface area contributed by atoms with Crippen molar-refractivity contribution in [2.75, 3.05) is 11.9 Å². The van der Waals surface area contributed by atoms with E-state index in [2.05, 4.69) is 15.6 Å². The molecule has 2 aromatic rings. The van der Waals surface area contributed by atoms with Gasteiger partial charge in [0, 0.05) is 17.6 Å². The number of pyridine rings is 1. The maximum atomic E-state index is 12.2. The number of carbonyl (C=O) groups excluding carboxylic acids is 1. The molecule has 20 heavy (non-hydrogen) atoms. The zero-order valence-corrected chi connectivity index (χ0v) is 12.9. The van der Waals surface area contributed by atoms with E-state index in [1.54, 1.807) is 17.4 Å². The molecule has 0 aliphatic rings. The van der Waals surface area contributed by atoms with Crippen LogP contribution < -0.4 is 10.6 Å². The van der Waals surface area contributed by atoms with Crippen LogP contribution in [0.5, 0.6) is 0 Å². The molecule has 1 amide bonds. The van der Waals surface area contributed by atoms with Gasteiger partial charge in [0.15, 0.2) is 0 Å². The normalized spacial score (nSPS) is 10.3. The fourth-order valence-corrected chi connectivity index (χ4v) is 2.77. The zero-order chi connectivity index (χ0) is 14.5. The van der Waals surface area contributed by atoms with E-state index in [1.807, 2.05) is 25.3 Å². The minimum absolute atomic E-state index is 0.190. The average Bonchev–Trinajstić information content (AvgIpc) is 2.84. The van der Waals surface area contributed by atoms with Crippen molar-refractivity contribution < 1.29 is 4.79 Å². The van der Waals surface area contributed by atoms with E-state index in [0.717, 1.165) is 11.4 Å². The van der Waals surface area contributed by atoms with Gasteiger partial charge in [0.05, 0.1) is 17.1 Å². The van der Waals surface area contributed by atoms with Crippen LogP contribution in [0.15, 0.2) is 23.7 Å². The van der Waals surface area contributed by atoms with Crippen LogP contribution in [0.3, 0.4) is 0 Å². The van der Waals surface area contributed by atoms with Crippen molar-refractivity contribution in [3.8, 4) is 0 Å². The molecule has 2 aromatic heterocycles. The highest BCUT2D eigenvalue weighted by molar-refractivity contribution is 7.10. The maximum absolute atomic E-state index is 12.2. The minimum atomic E-state index is -0.190. The number of halogens is 1. The van der Waals surface area contributed by atoms with Crippen LogP contribution in [0.25, 0.3) is 0 Å². The highest BCUT2D eigenvalue weighted by atomic mass is 35.5. The monoisotopic (exact) mass is 309 g/mol. The smallest absolute Gasteiger partial charge is 0.253 e. The third-order valence-electron chi connectivity index (χ3n) is 2.84. The Hall–Kier alpha value is -1.59.